The topological polar surface area (TPSA) is 127 Å². The van der Waals surface area contributed by atoms with E-state index in [2.05, 4.69) is 0 Å². The average Bonchev–Trinajstić information content (AvgIpc) is 3.27. The Morgan fingerprint density at radius 3 is 2.31 bits per heavy atom. The molecule has 10 nitrogen and oxygen atoms in total. The Kier molecular flexibility index (Phi) is 5.32. The van der Waals surface area contributed by atoms with Gasteiger partial charge in [0, 0.05) is 70.7 Å². The average molecular weight is 498 g/mol. The molecule has 1 heterocycles. The molecule has 198 valence electrons. The number of hydrogen-bond acceptors (Lipinski definition) is 9. The van der Waals surface area contributed by atoms with Gasteiger partial charge >= 0.3 is 0 Å². The third kappa shape index (κ3) is 2.19. The van der Waals surface area contributed by atoms with Crippen molar-refractivity contribution < 1.29 is 43.8 Å². The molecule has 6 fully saturated rings. The van der Waals surface area contributed by atoms with Gasteiger partial charge < -0.3 is 43.9 Å². The number of likely N-dealkylation sites (tertiary alicyclic amines) is 1. The Hall–Kier alpha value is -0.850. The molecular formula is C25H39NO9. The van der Waals surface area contributed by atoms with Gasteiger partial charge in [0.25, 0.3) is 0 Å². The van der Waals surface area contributed by atoms with Gasteiger partial charge in [-0.3, -0.25) is 4.79 Å². The first-order valence-corrected chi connectivity index (χ1v) is 12.7. The Labute approximate surface area is 205 Å². The summed E-state index contributed by atoms with van der Waals surface area (Å²) < 4.78 is 30.7. The third-order valence-electron chi connectivity index (χ3n) is 11.7. The molecule has 10 heteroatoms. The van der Waals surface area contributed by atoms with E-state index in [0.29, 0.717) is 25.8 Å². The molecule has 0 aromatic heterocycles. The first kappa shape index (κ1) is 24.5. The Bertz CT molecular complexity index is 891. The van der Waals surface area contributed by atoms with Crippen LogP contribution in [0.2, 0.25) is 0 Å². The second-order valence-corrected chi connectivity index (χ2v) is 11.8. The zero-order chi connectivity index (χ0) is 25.1. The number of ether oxygens (including phenoxy) is 5. The number of hydrogen-bond donors (Lipinski definition) is 3. The summed E-state index contributed by atoms with van der Waals surface area (Å²) >= 11 is 0. The van der Waals surface area contributed by atoms with Crippen molar-refractivity contribution in [3.63, 3.8) is 0 Å². The van der Waals surface area contributed by atoms with E-state index in [0.717, 1.165) is 6.41 Å². The SMILES string of the molecule is CO[C@@H]1[C@H]2C[C@@H]3[C@H]([C@H]2OC)[C@](OC)([C@@H]1O)[C@@]1(O)[C@@H](OC)[C@@H]2[C@@]4(CO)CC[C@H](OC)[C@@]32[C@@H]1N(C=O)C4. The number of fused-ring (bicyclic) bond motifs is 2. The van der Waals surface area contributed by atoms with Crippen LogP contribution in [0.25, 0.3) is 0 Å². The lowest BCUT2D eigenvalue weighted by atomic mass is 9.42. The highest BCUT2D eigenvalue weighted by atomic mass is 16.6. The number of piperidine rings is 1. The van der Waals surface area contributed by atoms with Crippen molar-refractivity contribution in [2.24, 2.45) is 34.5 Å². The van der Waals surface area contributed by atoms with Gasteiger partial charge in [0.1, 0.15) is 17.3 Å². The van der Waals surface area contributed by atoms with Gasteiger partial charge in [-0.15, -0.1) is 0 Å². The van der Waals surface area contributed by atoms with E-state index in [1.165, 1.54) is 7.11 Å². The number of nitrogens with zero attached hydrogens (tertiary/aromatic N) is 1. The van der Waals surface area contributed by atoms with E-state index in [1.54, 1.807) is 33.3 Å². The normalized spacial score (nSPS) is 59.6. The van der Waals surface area contributed by atoms with Gasteiger partial charge in [0.05, 0.1) is 37.1 Å². The van der Waals surface area contributed by atoms with Crippen LogP contribution in [0.15, 0.2) is 0 Å². The Morgan fingerprint density at radius 1 is 1.06 bits per heavy atom. The molecule has 0 unspecified atom stereocenters. The summed E-state index contributed by atoms with van der Waals surface area (Å²) in [6.07, 6.45) is -0.448. The maximum Gasteiger partial charge on any atom is 0.210 e. The maximum atomic E-state index is 13.1. The predicted octanol–water partition coefficient (Wildman–Crippen LogP) is -0.968. The van der Waals surface area contributed by atoms with Crippen molar-refractivity contribution in [2.75, 3.05) is 48.7 Å². The molecule has 0 aromatic carbocycles. The van der Waals surface area contributed by atoms with Crippen molar-refractivity contribution in [2.45, 2.75) is 67.0 Å². The molecule has 6 aliphatic rings. The predicted molar refractivity (Wildman–Crippen MR) is 120 cm³/mol. The van der Waals surface area contributed by atoms with E-state index in [9.17, 15) is 20.1 Å². The summed E-state index contributed by atoms with van der Waals surface area (Å²) in [6.45, 7) is 0.168. The molecule has 1 amide bonds. The second kappa shape index (κ2) is 7.60. The molecule has 3 N–H and O–H groups in total. The second-order valence-electron chi connectivity index (χ2n) is 11.8. The lowest BCUT2D eigenvalue weighted by Gasteiger charge is -2.70. The van der Waals surface area contributed by atoms with Gasteiger partial charge in [0.2, 0.25) is 6.41 Å². The van der Waals surface area contributed by atoms with Crippen LogP contribution in [-0.4, -0.2) is 123 Å². The summed E-state index contributed by atoms with van der Waals surface area (Å²) in [5, 5.41) is 36.0. The van der Waals surface area contributed by atoms with Crippen molar-refractivity contribution in [1.82, 2.24) is 4.90 Å². The van der Waals surface area contributed by atoms with Crippen molar-refractivity contribution in [3.05, 3.63) is 0 Å². The number of carbonyl (C=O) groups excluding carboxylic acids is 1. The molecule has 35 heavy (non-hydrogen) atoms. The highest BCUT2D eigenvalue weighted by Crippen LogP contribution is 2.80. The largest absolute Gasteiger partial charge is 0.396 e. The fourth-order valence-electron chi connectivity index (χ4n) is 11.2. The first-order chi connectivity index (χ1) is 16.8. The molecular weight excluding hydrogens is 458 g/mol. The fourth-order valence-corrected chi connectivity index (χ4v) is 11.2. The fraction of sp³-hybridized carbons (Fsp3) is 0.960. The van der Waals surface area contributed by atoms with E-state index in [4.69, 9.17) is 23.7 Å². The molecule has 0 radical (unpaired) electrons. The molecule has 1 spiro atoms. The van der Waals surface area contributed by atoms with Crippen LogP contribution in [0.4, 0.5) is 0 Å². The summed E-state index contributed by atoms with van der Waals surface area (Å²) in [5.74, 6) is -0.931. The number of rotatable bonds is 7. The van der Waals surface area contributed by atoms with Crippen LogP contribution < -0.4 is 0 Å². The summed E-state index contributed by atoms with van der Waals surface area (Å²) in [7, 11) is 7.97. The maximum absolute atomic E-state index is 13.1. The number of aliphatic hydroxyl groups excluding tert-OH is 2. The molecule has 6 rings (SSSR count). The Morgan fingerprint density at radius 2 is 1.77 bits per heavy atom. The minimum Gasteiger partial charge on any atom is -0.396 e. The quantitative estimate of drug-likeness (QED) is 0.381. The summed E-state index contributed by atoms with van der Waals surface area (Å²) in [5.41, 5.74) is -4.71. The van der Waals surface area contributed by atoms with Crippen LogP contribution in [0.5, 0.6) is 0 Å². The first-order valence-electron chi connectivity index (χ1n) is 12.7. The minimum atomic E-state index is -1.80. The van der Waals surface area contributed by atoms with Gasteiger partial charge in [0.15, 0.2) is 0 Å². The smallest absolute Gasteiger partial charge is 0.210 e. The number of methoxy groups -OCH3 is 5. The van der Waals surface area contributed by atoms with E-state index in [-0.39, 0.29) is 42.5 Å². The monoisotopic (exact) mass is 497 g/mol. The minimum absolute atomic E-state index is 0.120. The standard InChI is InChI=1S/C25H39NO9/c1-31-14-6-7-22(10-27)9-26(11-28)21-23(14)13-8-12-16(32-2)15(13)25(35-5,19(29)17(12)33-3)24(21,30)20(34-4)18(22)23/h11-21,27,29-30H,6-10H2,1-5H3/t12-,13+,14-,15+,16-,17+,18+,19+,20-,21-,22-,23-,24+,25-/m0/s1. The zero-order valence-electron chi connectivity index (χ0n) is 21.1. The van der Waals surface area contributed by atoms with Crippen molar-refractivity contribution >= 4 is 6.41 Å². The van der Waals surface area contributed by atoms with Crippen LogP contribution in [-0.2, 0) is 28.5 Å². The van der Waals surface area contributed by atoms with Crippen molar-refractivity contribution in [3.8, 4) is 0 Å². The third-order valence-corrected chi connectivity index (χ3v) is 11.7. The van der Waals surface area contributed by atoms with Gasteiger partial charge in [-0.2, -0.15) is 0 Å². The van der Waals surface area contributed by atoms with E-state index < -0.39 is 46.4 Å². The number of amides is 1. The molecule has 14 atom stereocenters. The lowest BCUT2D eigenvalue weighted by molar-refractivity contribution is -0.350. The van der Waals surface area contributed by atoms with Gasteiger partial charge in [-0.1, -0.05) is 0 Å². The van der Waals surface area contributed by atoms with E-state index in [1.807, 2.05) is 0 Å². The highest BCUT2D eigenvalue weighted by molar-refractivity contribution is 5.55. The molecule has 5 saturated carbocycles. The van der Waals surface area contributed by atoms with Crippen LogP contribution in [0, 0.1) is 34.5 Å². The summed E-state index contributed by atoms with van der Waals surface area (Å²) in [4.78, 5) is 14.4. The summed E-state index contributed by atoms with van der Waals surface area (Å²) in [6, 6.07) is -0.727. The lowest BCUT2D eigenvalue weighted by Crippen LogP contribution is -2.85. The van der Waals surface area contributed by atoms with Crippen LogP contribution in [0.3, 0.4) is 0 Å². The molecule has 5 aliphatic carbocycles. The van der Waals surface area contributed by atoms with Crippen LogP contribution in [0.1, 0.15) is 19.3 Å². The Balaban J connectivity index is 1.73. The number of carbonyl (C=O) groups is 1. The van der Waals surface area contributed by atoms with Crippen LogP contribution >= 0.6 is 0 Å². The molecule has 0 aromatic rings. The van der Waals surface area contributed by atoms with E-state index >= 15 is 0 Å². The highest BCUT2D eigenvalue weighted by Gasteiger charge is 2.93. The van der Waals surface area contributed by atoms with Crippen molar-refractivity contribution in [1.29, 1.82) is 0 Å². The number of aliphatic hydroxyl groups is 3. The molecule has 7 bridgehead atoms. The molecule has 1 saturated heterocycles. The molecule has 1 aliphatic heterocycles. The van der Waals surface area contributed by atoms with Gasteiger partial charge in [-0.05, 0) is 25.2 Å². The zero-order valence-corrected chi connectivity index (χ0v) is 21.1. The van der Waals surface area contributed by atoms with Gasteiger partial charge in [-0.25, -0.2) is 0 Å².